The predicted octanol–water partition coefficient (Wildman–Crippen LogP) is 1.63. The van der Waals surface area contributed by atoms with Crippen molar-refractivity contribution in [1.82, 2.24) is 15.8 Å². The molecule has 2 atom stereocenters. The molecule has 1 saturated carbocycles. The van der Waals surface area contributed by atoms with Crippen LogP contribution >= 0.6 is 0 Å². The standard InChI is InChI=1S/C21H30N4O3/c1-14(15-7-5-4-6-8-15)25-21(20(22)27,13-18(24-25)19(26)23-2)16-9-11-17(28-3)12-10-16/h4-8,13-14,16-17,24H,9-12H2,1-3H3,(H2,22,27)(H,23,26)/t14-,16?,17?,21?/m0/s1. The van der Waals surface area contributed by atoms with Gasteiger partial charge in [-0.1, -0.05) is 30.3 Å². The maximum atomic E-state index is 12.9. The van der Waals surface area contributed by atoms with E-state index in [1.54, 1.807) is 20.2 Å². The van der Waals surface area contributed by atoms with Crippen LogP contribution in [0.4, 0.5) is 0 Å². The van der Waals surface area contributed by atoms with Gasteiger partial charge in [0.05, 0.1) is 12.1 Å². The van der Waals surface area contributed by atoms with Gasteiger partial charge in [0.25, 0.3) is 5.91 Å². The zero-order valence-corrected chi connectivity index (χ0v) is 16.8. The van der Waals surface area contributed by atoms with Gasteiger partial charge in [-0.3, -0.25) is 9.59 Å². The first-order valence-electron chi connectivity index (χ1n) is 9.82. The number of hydrogen-bond donors (Lipinski definition) is 3. The highest BCUT2D eigenvalue weighted by Gasteiger charge is 2.54. The molecule has 152 valence electrons. The number of carbonyl (C=O) groups is 2. The molecule has 4 N–H and O–H groups in total. The van der Waals surface area contributed by atoms with Gasteiger partial charge in [0, 0.05) is 14.2 Å². The number of nitrogens with zero attached hydrogens (tertiary/aromatic N) is 1. The summed E-state index contributed by atoms with van der Waals surface area (Å²) in [6.07, 6.45) is 5.28. The Hall–Kier alpha value is -2.38. The Labute approximate surface area is 166 Å². The van der Waals surface area contributed by atoms with Crippen LogP contribution in [0.3, 0.4) is 0 Å². The van der Waals surface area contributed by atoms with Crippen LogP contribution in [0.15, 0.2) is 42.1 Å². The van der Waals surface area contributed by atoms with Gasteiger partial charge in [-0.05, 0) is 50.2 Å². The SMILES string of the molecule is CNC(=O)C1=CC(C(N)=O)(C2CCC(OC)CC2)N([C@@H](C)c2ccccc2)N1. The molecule has 1 aliphatic heterocycles. The molecule has 1 aromatic rings. The van der Waals surface area contributed by atoms with Crippen molar-refractivity contribution >= 4 is 11.8 Å². The van der Waals surface area contributed by atoms with Crippen molar-refractivity contribution in [2.75, 3.05) is 14.2 Å². The van der Waals surface area contributed by atoms with E-state index in [4.69, 9.17) is 10.5 Å². The number of likely N-dealkylation sites (N-methyl/N-ethyl adjacent to an activating group) is 1. The lowest BCUT2D eigenvalue weighted by Crippen LogP contribution is -2.62. The number of benzene rings is 1. The second kappa shape index (κ2) is 8.32. The minimum atomic E-state index is -1.07. The zero-order valence-electron chi connectivity index (χ0n) is 16.8. The third kappa shape index (κ3) is 3.52. The number of nitrogens with one attached hydrogen (secondary N) is 2. The topological polar surface area (TPSA) is 96.7 Å². The third-order valence-corrected chi connectivity index (χ3v) is 6.17. The van der Waals surface area contributed by atoms with Crippen LogP contribution in [0.2, 0.25) is 0 Å². The minimum absolute atomic E-state index is 0.00258. The molecule has 1 aromatic carbocycles. The van der Waals surface area contributed by atoms with Crippen LogP contribution in [0.1, 0.15) is 44.2 Å². The average molecular weight is 386 g/mol. The van der Waals surface area contributed by atoms with Gasteiger partial charge in [-0.25, -0.2) is 0 Å². The first kappa shape index (κ1) is 20.4. The summed E-state index contributed by atoms with van der Waals surface area (Å²) in [7, 11) is 3.29. The van der Waals surface area contributed by atoms with Gasteiger partial charge in [-0.2, -0.15) is 5.01 Å². The molecule has 3 rings (SSSR count). The molecule has 7 nitrogen and oxygen atoms in total. The van der Waals surface area contributed by atoms with Crippen LogP contribution in [0.5, 0.6) is 0 Å². The third-order valence-electron chi connectivity index (χ3n) is 6.17. The first-order valence-corrected chi connectivity index (χ1v) is 9.82. The molecule has 1 heterocycles. The second-order valence-electron chi connectivity index (χ2n) is 7.60. The summed E-state index contributed by atoms with van der Waals surface area (Å²) >= 11 is 0. The van der Waals surface area contributed by atoms with Crippen molar-refractivity contribution in [1.29, 1.82) is 0 Å². The summed E-state index contributed by atoms with van der Waals surface area (Å²) in [6.45, 7) is 2.02. The first-order chi connectivity index (χ1) is 13.4. The number of nitrogens with two attached hydrogens (primary N) is 1. The van der Waals surface area contributed by atoms with E-state index in [0.717, 1.165) is 31.2 Å². The van der Waals surface area contributed by atoms with Crippen molar-refractivity contribution in [3.8, 4) is 0 Å². The van der Waals surface area contributed by atoms with Crippen LogP contribution in [-0.2, 0) is 14.3 Å². The van der Waals surface area contributed by atoms with E-state index in [2.05, 4.69) is 10.7 Å². The lowest BCUT2D eigenvalue weighted by atomic mass is 9.72. The Balaban J connectivity index is 2.01. The van der Waals surface area contributed by atoms with Gasteiger partial charge in [-0.15, -0.1) is 0 Å². The average Bonchev–Trinajstić information content (AvgIpc) is 3.15. The van der Waals surface area contributed by atoms with Gasteiger partial charge in [0.15, 0.2) is 0 Å². The minimum Gasteiger partial charge on any atom is -0.381 e. The second-order valence-corrected chi connectivity index (χ2v) is 7.60. The van der Waals surface area contributed by atoms with Crippen molar-refractivity contribution in [2.24, 2.45) is 11.7 Å². The van der Waals surface area contributed by atoms with E-state index < -0.39 is 11.4 Å². The summed E-state index contributed by atoms with van der Waals surface area (Å²) in [4.78, 5) is 25.3. The maximum absolute atomic E-state index is 12.9. The number of hydrazine groups is 1. The quantitative estimate of drug-likeness (QED) is 0.690. The van der Waals surface area contributed by atoms with Gasteiger partial charge >= 0.3 is 0 Å². The Morgan fingerprint density at radius 2 is 1.89 bits per heavy atom. The highest BCUT2D eigenvalue weighted by atomic mass is 16.5. The fraction of sp³-hybridized carbons (Fsp3) is 0.524. The van der Waals surface area contributed by atoms with Crippen molar-refractivity contribution < 1.29 is 14.3 Å². The molecule has 0 bridgehead atoms. The Morgan fingerprint density at radius 1 is 1.25 bits per heavy atom. The summed E-state index contributed by atoms with van der Waals surface area (Å²) in [5.41, 5.74) is 9.52. The van der Waals surface area contributed by atoms with E-state index in [0.29, 0.717) is 5.70 Å². The molecule has 28 heavy (non-hydrogen) atoms. The number of ether oxygens (including phenoxy) is 1. The normalized spacial score (nSPS) is 28.9. The van der Waals surface area contributed by atoms with E-state index in [9.17, 15) is 9.59 Å². The highest BCUT2D eigenvalue weighted by molar-refractivity contribution is 5.97. The van der Waals surface area contributed by atoms with Crippen LogP contribution < -0.4 is 16.5 Å². The number of primary amides is 1. The summed E-state index contributed by atoms with van der Waals surface area (Å²) in [6, 6.07) is 9.74. The molecule has 0 spiro atoms. The van der Waals surface area contributed by atoms with Crippen LogP contribution in [0, 0.1) is 5.92 Å². The molecular weight excluding hydrogens is 356 g/mol. The molecule has 1 fully saturated rings. The van der Waals surface area contributed by atoms with E-state index in [-0.39, 0.29) is 24.0 Å². The fourth-order valence-electron chi connectivity index (χ4n) is 4.54. The van der Waals surface area contributed by atoms with Crippen molar-refractivity contribution in [3.63, 3.8) is 0 Å². The lowest BCUT2D eigenvalue weighted by Gasteiger charge is -2.45. The van der Waals surface area contributed by atoms with E-state index >= 15 is 0 Å². The molecule has 0 radical (unpaired) electrons. The summed E-state index contributed by atoms with van der Waals surface area (Å²) in [5.74, 6) is -0.710. The summed E-state index contributed by atoms with van der Waals surface area (Å²) in [5, 5.41) is 4.50. The molecule has 1 unspecified atom stereocenters. The van der Waals surface area contributed by atoms with E-state index in [1.807, 2.05) is 42.3 Å². The zero-order chi connectivity index (χ0) is 20.3. The number of methoxy groups -OCH3 is 1. The smallest absolute Gasteiger partial charge is 0.268 e. The Bertz CT molecular complexity index is 743. The Kier molecular flexibility index (Phi) is 6.05. The van der Waals surface area contributed by atoms with Crippen molar-refractivity contribution in [2.45, 2.75) is 50.3 Å². The van der Waals surface area contributed by atoms with Crippen LogP contribution in [-0.4, -0.2) is 42.6 Å². The molecule has 0 saturated heterocycles. The largest absolute Gasteiger partial charge is 0.381 e. The van der Waals surface area contributed by atoms with Crippen molar-refractivity contribution in [3.05, 3.63) is 47.7 Å². The lowest BCUT2D eigenvalue weighted by molar-refractivity contribution is -0.135. The number of hydrogen-bond acceptors (Lipinski definition) is 5. The molecule has 1 aliphatic carbocycles. The number of rotatable bonds is 6. The molecular formula is C21H30N4O3. The fourth-order valence-corrected chi connectivity index (χ4v) is 4.54. The molecule has 7 heteroatoms. The van der Waals surface area contributed by atoms with Crippen LogP contribution in [0.25, 0.3) is 0 Å². The van der Waals surface area contributed by atoms with Gasteiger partial charge in [0.1, 0.15) is 11.2 Å². The number of amides is 2. The highest BCUT2D eigenvalue weighted by Crippen LogP contribution is 2.44. The van der Waals surface area contributed by atoms with E-state index in [1.165, 1.54) is 0 Å². The Morgan fingerprint density at radius 3 is 2.43 bits per heavy atom. The monoisotopic (exact) mass is 386 g/mol. The summed E-state index contributed by atoms with van der Waals surface area (Å²) < 4.78 is 5.49. The molecule has 2 aliphatic rings. The van der Waals surface area contributed by atoms with Gasteiger partial charge < -0.3 is 21.2 Å². The number of carbonyl (C=O) groups excluding carboxylic acids is 2. The predicted molar refractivity (Wildman–Crippen MR) is 107 cm³/mol. The molecule has 0 aromatic heterocycles. The molecule has 2 amide bonds. The van der Waals surface area contributed by atoms with Gasteiger partial charge in [0.2, 0.25) is 5.91 Å². The maximum Gasteiger partial charge on any atom is 0.268 e.